The van der Waals surface area contributed by atoms with E-state index in [9.17, 15) is 9.59 Å². The van der Waals surface area contributed by atoms with Gasteiger partial charge in [0.2, 0.25) is 0 Å². The van der Waals surface area contributed by atoms with Crippen LogP contribution in [0.2, 0.25) is 0 Å². The van der Waals surface area contributed by atoms with Crippen LogP contribution < -0.4 is 10.9 Å². The third-order valence-corrected chi connectivity index (χ3v) is 5.43. The molecule has 1 aromatic carbocycles. The molecule has 0 aliphatic carbocycles. The molecule has 1 N–H and O–H groups in total. The fourth-order valence-corrected chi connectivity index (χ4v) is 3.76. The molecule has 0 radical (unpaired) electrons. The molecule has 1 aliphatic heterocycles. The van der Waals surface area contributed by atoms with Gasteiger partial charge in [0.15, 0.2) is 0 Å². The maximum atomic E-state index is 12.9. The van der Waals surface area contributed by atoms with Gasteiger partial charge in [-0.05, 0) is 37.5 Å². The van der Waals surface area contributed by atoms with Crippen LogP contribution in [0.25, 0.3) is 11.3 Å². The van der Waals surface area contributed by atoms with E-state index in [-0.39, 0.29) is 23.1 Å². The highest BCUT2D eigenvalue weighted by atomic mass is 16.5. The lowest BCUT2D eigenvalue weighted by Gasteiger charge is -2.14. The van der Waals surface area contributed by atoms with E-state index in [2.05, 4.69) is 15.3 Å². The molecular weight excluding hydrogens is 392 g/mol. The SMILES string of the molecule is Cc1ccn(CC2CCCO2)c(=O)c1C(=O)NCCc1nccc(-c2ccccc2)n1. The predicted molar refractivity (Wildman–Crippen MR) is 118 cm³/mol. The zero-order valence-electron chi connectivity index (χ0n) is 17.6. The Kier molecular flexibility index (Phi) is 6.52. The second kappa shape index (κ2) is 9.66. The number of carbonyl (C=O) groups is 1. The van der Waals surface area contributed by atoms with Crippen molar-refractivity contribution in [3.8, 4) is 11.3 Å². The highest BCUT2D eigenvalue weighted by Gasteiger charge is 2.20. The van der Waals surface area contributed by atoms with Crippen LogP contribution in [0.5, 0.6) is 0 Å². The van der Waals surface area contributed by atoms with E-state index >= 15 is 0 Å². The second-order valence-electron chi connectivity index (χ2n) is 7.70. The van der Waals surface area contributed by atoms with Gasteiger partial charge in [-0.3, -0.25) is 9.59 Å². The van der Waals surface area contributed by atoms with E-state index in [0.29, 0.717) is 30.9 Å². The Morgan fingerprint density at radius 3 is 2.84 bits per heavy atom. The number of ether oxygens (including phenoxy) is 1. The summed E-state index contributed by atoms with van der Waals surface area (Å²) in [6, 6.07) is 13.5. The lowest BCUT2D eigenvalue weighted by atomic mass is 10.1. The monoisotopic (exact) mass is 418 g/mol. The minimum absolute atomic E-state index is 0.0327. The first-order chi connectivity index (χ1) is 15.1. The fourth-order valence-electron chi connectivity index (χ4n) is 3.76. The van der Waals surface area contributed by atoms with Crippen molar-refractivity contribution in [1.29, 1.82) is 0 Å². The molecule has 1 aliphatic rings. The Hall–Kier alpha value is -3.32. The third kappa shape index (κ3) is 5.06. The van der Waals surface area contributed by atoms with Crippen molar-refractivity contribution in [2.75, 3.05) is 13.2 Å². The number of amides is 1. The molecule has 7 heteroatoms. The van der Waals surface area contributed by atoms with E-state index in [1.807, 2.05) is 36.4 Å². The molecule has 3 heterocycles. The van der Waals surface area contributed by atoms with Crippen molar-refractivity contribution in [2.24, 2.45) is 0 Å². The van der Waals surface area contributed by atoms with Crippen LogP contribution in [0.15, 0.2) is 59.7 Å². The van der Waals surface area contributed by atoms with Gasteiger partial charge in [-0.1, -0.05) is 30.3 Å². The van der Waals surface area contributed by atoms with E-state index in [1.54, 1.807) is 30.0 Å². The minimum Gasteiger partial charge on any atom is -0.376 e. The average Bonchev–Trinajstić information content (AvgIpc) is 3.30. The minimum atomic E-state index is -0.372. The van der Waals surface area contributed by atoms with Crippen molar-refractivity contribution in [1.82, 2.24) is 19.9 Å². The Bertz CT molecular complexity index is 1110. The van der Waals surface area contributed by atoms with Gasteiger partial charge >= 0.3 is 0 Å². The van der Waals surface area contributed by atoms with Crippen molar-refractivity contribution < 1.29 is 9.53 Å². The summed E-state index contributed by atoms with van der Waals surface area (Å²) in [6.07, 6.45) is 5.90. The number of carbonyl (C=O) groups excluding carboxylic acids is 1. The normalized spacial score (nSPS) is 15.7. The molecule has 1 atom stereocenters. The van der Waals surface area contributed by atoms with Gasteiger partial charge in [0.1, 0.15) is 11.4 Å². The summed E-state index contributed by atoms with van der Waals surface area (Å²) in [6.45, 7) is 3.32. The summed E-state index contributed by atoms with van der Waals surface area (Å²) in [5.41, 5.74) is 2.41. The van der Waals surface area contributed by atoms with Crippen LogP contribution in [-0.4, -0.2) is 39.7 Å². The van der Waals surface area contributed by atoms with Gasteiger partial charge in [0.05, 0.1) is 18.3 Å². The maximum Gasteiger partial charge on any atom is 0.263 e. The van der Waals surface area contributed by atoms with Crippen LogP contribution in [0.3, 0.4) is 0 Å². The standard InChI is InChI=1S/C24H26N4O3/c1-17-11-14-28(16-19-8-5-15-31-19)24(30)22(17)23(29)26-13-10-21-25-12-9-20(27-21)18-6-3-2-4-7-18/h2-4,6-7,9,11-12,14,19H,5,8,10,13,15-16H2,1H3,(H,26,29). The van der Waals surface area contributed by atoms with Crippen molar-refractivity contribution in [3.63, 3.8) is 0 Å². The maximum absolute atomic E-state index is 12.9. The molecule has 4 rings (SSSR count). The molecule has 1 saturated heterocycles. The Labute approximate surface area is 181 Å². The van der Waals surface area contributed by atoms with Crippen LogP contribution in [0.1, 0.15) is 34.6 Å². The quantitative estimate of drug-likeness (QED) is 0.638. The summed E-state index contributed by atoms with van der Waals surface area (Å²) in [4.78, 5) is 34.5. The Morgan fingerprint density at radius 1 is 1.23 bits per heavy atom. The average molecular weight is 418 g/mol. The van der Waals surface area contributed by atoms with Crippen molar-refractivity contribution in [2.45, 2.75) is 38.8 Å². The number of aryl methyl sites for hydroxylation is 1. The first-order valence-electron chi connectivity index (χ1n) is 10.6. The van der Waals surface area contributed by atoms with Crippen LogP contribution in [0.4, 0.5) is 0 Å². The number of nitrogens with one attached hydrogen (secondary N) is 1. The highest BCUT2D eigenvalue weighted by Crippen LogP contribution is 2.16. The molecule has 0 saturated carbocycles. The number of benzene rings is 1. The van der Waals surface area contributed by atoms with Gasteiger partial charge in [0, 0.05) is 37.5 Å². The molecule has 1 unspecified atom stereocenters. The van der Waals surface area contributed by atoms with Crippen LogP contribution in [-0.2, 0) is 17.7 Å². The van der Waals surface area contributed by atoms with Gasteiger partial charge in [0.25, 0.3) is 11.5 Å². The molecule has 1 fully saturated rings. The summed E-state index contributed by atoms with van der Waals surface area (Å²) < 4.78 is 7.20. The van der Waals surface area contributed by atoms with Gasteiger partial charge in [-0.15, -0.1) is 0 Å². The molecule has 3 aromatic rings. The second-order valence-corrected chi connectivity index (χ2v) is 7.70. The number of hydrogen-bond donors (Lipinski definition) is 1. The molecule has 1 amide bonds. The highest BCUT2D eigenvalue weighted by molar-refractivity contribution is 5.95. The summed E-state index contributed by atoms with van der Waals surface area (Å²) in [5.74, 6) is 0.269. The molecule has 0 spiro atoms. The number of aromatic nitrogens is 3. The molecule has 7 nitrogen and oxygen atoms in total. The number of rotatable bonds is 7. The van der Waals surface area contributed by atoms with Gasteiger partial charge in [-0.2, -0.15) is 0 Å². The zero-order chi connectivity index (χ0) is 21.6. The van der Waals surface area contributed by atoms with E-state index < -0.39 is 0 Å². The lowest BCUT2D eigenvalue weighted by molar-refractivity contribution is 0.0930. The van der Waals surface area contributed by atoms with E-state index in [1.165, 1.54) is 0 Å². The summed E-state index contributed by atoms with van der Waals surface area (Å²) in [5, 5.41) is 2.85. The number of pyridine rings is 1. The van der Waals surface area contributed by atoms with Crippen LogP contribution >= 0.6 is 0 Å². The smallest absolute Gasteiger partial charge is 0.263 e. The van der Waals surface area contributed by atoms with Crippen molar-refractivity contribution in [3.05, 3.63) is 82.2 Å². The first kappa shape index (κ1) is 20.9. The van der Waals surface area contributed by atoms with Crippen LogP contribution in [0, 0.1) is 6.92 Å². The molecule has 31 heavy (non-hydrogen) atoms. The summed E-state index contributed by atoms with van der Waals surface area (Å²) in [7, 11) is 0. The lowest BCUT2D eigenvalue weighted by Crippen LogP contribution is -2.36. The van der Waals surface area contributed by atoms with Gasteiger partial charge < -0.3 is 14.6 Å². The number of nitrogens with zero attached hydrogens (tertiary/aromatic N) is 3. The Morgan fingerprint density at radius 2 is 2.06 bits per heavy atom. The topological polar surface area (TPSA) is 86.1 Å². The fraction of sp³-hybridized carbons (Fsp3) is 0.333. The van der Waals surface area contributed by atoms with Crippen molar-refractivity contribution >= 4 is 5.91 Å². The predicted octanol–water partition coefficient (Wildman–Crippen LogP) is 2.77. The number of hydrogen-bond acceptors (Lipinski definition) is 5. The zero-order valence-corrected chi connectivity index (χ0v) is 17.6. The van der Waals surface area contributed by atoms with Gasteiger partial charge in [-0.25, -0.2) is 9.97 Å². The molecule has 0 bridgehead atoms. The van der Waals surface area contributed by atoms with E-state index in [4.69, 9.17) is 4.74 Å². The van der Waals surface area contributed by atoms with E-state index in [0.717, 1.165) is 30.7 Å². The largest absolute Gasteiger partial charge is 0.376 e. The summed E-state index contributed by atoms with van der Waals surface area (Å²) >= 11 is 0. The molecule has 2 aromatic heterocycles. The molecular formula is C24H26N4O3. The molecule has 160 valence electrons. The third-order valence-electron chi connectivity index (χ3n) is 5.43. The first-order valence-corrected chi connectivity index (χ1v) is 10.6. The Balaban J connectivity index is 1.41.